The first kappa shape index (κ1) is 16.1. The van der Waals surface area contributed by atoms with Gasteiger partial charge >= 0.3 is 0 Å². The molecule has 4 heteroatoms. The molecule has 2 atom stereocenters. The molecular formula is C19H20BrNO2. The van der Waals surface area contributed by atoms with E-state index < -0.39 is 0 Å². The number of amides is 1. The highest BCUT2D eigenvalue weighted by molar-refractivity contribution is 9.10. The molecule has 120 valence electrons. The van der Waals surface area contributed by atoms with E-state index in [0.717, 1.165) is 28.6 Å². The van der Waals surface area contributed by atoms with Crippen LogP contribution in [0.15, 0.2) is 46.9 Å². The number of carbonyl (C=O) groups is 1. The van der Waals surface area contributed by atoms with Crippen molar-refractivity contribution in [2.45, 2.75) is 25.8 Å². The molecule has 1 aliphatic carbocycles. The van der Waals surface area contributed by atoms with E-state index in [1.807, 2.05) is 37.3 Å². The summed E-state index contributed by atoms with van der Waals surface area (Å²) in [6, 6.07) is 14.1. The number of fused-ring (bicyclic) bond motifs is 1. The molecule has 0 aliphatic heterocycles. The number of ether oxygens (including phenoxy) is 1. The highest BCUT2D eigenvalue weighted by atomic mass is 79.9. The van der Waals surface area contributed by atoms with Crippen LogP contribution in [0.5, 0.6) is 5.75 Å². The molecule has 3 nitrogen and oxygen atoms in total. The summed E-state index contributed by atoms with van der Waals surface area (Å²) in [5, 5.41) is 3.13. The summed E-state index contributed by atoms with van der Waals surface area (Å²) in [5.41, 5.74) is 3.64. The second kappa shape index (κ2) is 6.75. The van der Waals surface area contributed by atoms with Crippen molar-refractivity contribution in [1.29, 1.82) is 0 Å². The van der Waals surface area contributed by atoms with Gasteiger partial charge in [0.2, 0.25) is 5.91 Å². The van der Waals surface area contributed by atoms with Crippen LogP contribution in [0.4, 0.5) is 0 Å². The third-order valence-electron chi connectivity index (χ3n) is 4.45. The Labute approximate surface area is 145 Å². The van der Waals surface area contributed by atoms with Crippen molar-refractivity contribution in [3.8, 4) is 5.75 Å². The SMILES string of the molecule is COc1ccc(C(C)NC(=O)C2Cc3ccc(Br)cc3C2)cc1. The first-order valence-corrected chi connectivity index (χ1v) is 8.57. The molecule has 1 amide bonds. The van der Waals surface area contributed by atoms with Crippen molar-refractivity contribution in [3.63, 3.8) is 0 Å². The molecule has 0 heterocycles. The van der Waals surface area contributed by atoms with Gasteiger partial charge in [0.25, 0.3) is 0 Å². The summed E-state index contributed by atoms with van der Waals surface area (Å²) in [7, 11) is 1.65. The Kier molecular flexibility index (Phi) is 4.71. The minimum absolute atomic E-state index is 0.0103. The van der Waals surface area contributed by atoms with Gasteiger partial charge in [0.15, 0.2) is 0 Å². The monoisotopic (exact) mass is 373 g/mol. The molecule has 2 aromatic carbocycles. The lowest BCUT2D eigenvalue weighted by molar-refractivity contribution is -0.125. The zero-order valence-corrected chi connectivity index (χ0v) is 14.9. The minimum Gasteiger partial charge on any atom is -0.497 e. The van der Waals surface area contributed by atoms with Crippen LogP contribution in [0.2, 0.25) is 0 Å². The van der Waals surface area contributed by atoms with Gasteiger partial charge in [-0.1, -0.05) is 34.1 Å². The van der Waals surface area contributed by atoms with Crippen LogP contribution in [0.3, 0.4) is 0 Å². The van der Waals surface area contributed by atoms with Crippen LogP contribution in [0, 0.1) is 5.92 Å². The van der Waals surface area contributed by atoms with Crippen LogP contribution >= 0.6 is 15.9 Å². The number of nitrogens with one attached hydrogen (secondary N) is 1. The molecule has 0 saturated carbocycles. The molecule has 2 aromatic rings. The van der Waals surface area contributed by atoms with E-state index in [-0.39, 0.29) is 17.9 Å². The van der Waals surface area contributed by atoms with E-state index in [0.29, 0.717) is 0 Å². The van der Waals surface area contributed by atoms with Crippen LogP contribution in [-0.2, 0) is 17.6 Å². The van der Waals surface area contributed by atoms with Gasteiger partial charge in [-0.3, -0.25) is 4.79 Å². The lowest BCUT2D eigenvalue weighted by Gasteiger charge is -2.17. The Hall–Kier alpha value is -1.81. The molecule has 0 spiro atoms. The van der Waals surface area contributed by atoms with Crippen molar-refractivity contribution < 1.29 is 9.53 Å². The normalized spacial score (nSPS) is 17.4. The molecule has 0 saturated heterocycles. The number of hydrogen-bond donors (Lipinski definition) is 1. The van der Waals surface area contributed by atoms with Gasteiger partial charge in [-0.05, 0) is 60.7 Å². The topological polar surface area (TPSA) is 38.3 Å². The maximum Gasteiger partial charge on any atom is 0.224 e. The first-order valence-electron chi connectivity index (χ1n) is 7.78. The number of rotatable bonds is 4. The lowest BCUT2D eigenvalue weighted by Crippen LogP contribution is -2.33. The van der Waals surface area contributed by atoms with E-state index in [1.165, 1.54) is 11.1 Å². The van der Waals surface area contributed by atoms with Crippen LogP contribution in [0.25, 0.3) is 0 Å². The standard InChI is InChI=1S/C19H20BrNO2/c1-12(13-4-7-18(23-2)8-5-13)21-19(22)16-9-14-3-6-17(20)11-15(14)10-16/h3-8,11-12,16H,9-10H2,1-2H3,(H,21,22). The third-order valence-corrected chi connectivity index (χ3v) is 4.94. The molecule has 1 aliphatic rings. The predicted molar refractivity (Wildman–Crippen MR) is 94.6 cm³/mol. The van der Waals surface area contributed by atoms with E-state index in [4.69, 9.17) is 4.74 Å². The molecule has 0 fully saturated rings. The van der Waals surface area contributed by atoms with Crippen LogP contribution in [-0.4, -0.2) is 13.0 Å². The van der Waals surface area contributed by atoms with Gasteiger partial charge in [0.05, 0.1) is 13.2 Å². The quantitative estimate of drug-likeness (QED) is 0.877. The fraction of sp³-hybridized carbons (Fsp3) is 0.316. The molecule has 0 aromatic heterocycles. The highest BCUT2D eigenvalue weighted by Gasteiger charge is 2.28. The highest BCUT2D eigenvalue weighted by Crippen LogP contribution is 2.30. The second-order valence-corrected chi connectivity index (χ2v) is 6.94. The largest absolute Gasteiger partial charge is 0.497 e. The van der Waals surface area contributed by atoms with Gasteiger partial charge in [0, 0.05) is 10.4 Å². The van der Waals surface area contributed by atoms with Crippen molar-refractivity contribution >= 4 is 21.8 Å². The van der Waals surface area contributed by atoms with E-state index >= 15 is 0 Å². The first-order chi connectivity index (χ1) is 11.1. The Morgan fingerprint density at radius 1 is 1.17 bits per heavy atom. The van der Waals surface area contributed by atoms with Gasteiger partial charge in [-0.2, -0.15) is 0 Å². The fourth-order valence-electron chi connectivity index (χ4n) is 3.08. The predicted octanol–water partition coefficient (Wildman–Crippen LogP) is 4.05. The van der Waals surface area contributed by atoms with E-state index in [9.17, 15) is 4.79 Å². The molecule has 0 bridgehead atoms. The molecule has 2 unspecified atom stereocenters. The molecule has 1 N–H and O–H groups in total. The van der Waals surface area contributed by atoms with Crippen LogP contribution in [0.1, 0.15) is 29.7 Å². The Morgan fingerprint density at radius 2 is 1.87 bits per heavy atom. The average Bonchev–Trinajstić information content (AvgIpc) is 2.98. The maximum absolute atomic E-state index is 12.6. The van der Waals surface area contributed by atoms with Gasteiger partial charge in [-0.15, -0.1) is 0 Å². The summed E-state index contributed by atoms with van der Waals surface area (Å²) in [5.74, 6) is 0.977. The number of benzene rings is 2. The van der Waals surface area contributed by atoms with Crippen molar-refractivity contribution in [1.82, 2.24) is 5.32 Å². The smallest absolute Gasteiger partial charge is 0.224 e. The molecule has 0 radical (unpaired) electrons. The number of methoxy groups -OCH3 is 1. The van der Waals surface area contributed by atoms with E-state index in [2.05, 4.69) is 33.4 Å². The summed E-state index contributed by atoms with van der Waals surface area (Å²) in [6.45, 7) is 2.01. The summed E-state index contributed by atoms with van der Waals surface area (Å²) < 4.78 is 6.24. The van der Waals surface area contributed by atoms with Gasteiger partial charge in [0.1, 0.15) is 5.75 Å². The summed E-state index contributed by atoms with van der Waals surface area (Å²) in [4.78, 5) is 12.6. The van der Waals surface area contributed by atoms with Crippen molar-refractivity contribution in [3.05, 3.63) is 63.6 Å². The maximum atomic E-state index is 12.6. The number of hydrogen-bond acceptors (Lipinski definition) is 2. The molecular weight excluding hydrogens is 354 g/mol. The molecule has 23 heavy (non-hydrogen) atoms. The van der Waals surface area contributed by atoms with Gasteiger partial charge in [-0.25, -0.2) is 0 Å². The summed E-state index contributed by atoms with van der Waals surface area (Å²) >= 11 is 3.49. The van der Waals surface area contributed by atoms with Gasteiger partial charge < -0.3 is 10.1 Å². The Balaban J connectivity index is 1.63. The van der Waals surface area contributed by atoms with E-state index in [1.54, 1.807) is 7.11 Å². The zero-order chi connectivity index (χ0) is 16.4. The Morgan fingerprint density at radius 3 is 2.57 bits per heavy atom. The minimum atomic E-state index is -0.0103. The average molecular weight is 374 g/mol. The Bertz CT molecular complexity index is 712. The fourth-order valence-corrected chi connectivity index (χ4v) is 3.49. The zero-order valence-electron chi connectivity index (χ0n) is 13.3. The third kappa shape index (κ3) is 3.58. The van der Waals surface area contributed by atoms with Crippen molar-refractivity contribution in [2.75, 3.05) is 7.11 Å². The van der Waals surface area contributed by atoms with Crippen molar-refractivity contribution in [2.24, 2.45) is 5.92 Å². The number of halogens is 1. The number of carbonyl (C=O) groups excluding carboxylic acids is 1. The second-order valence-electron chi connectivity index (χ2n) is 6.02. The molecule has 3 rings (SSSR count). The van der Waals surface area contributed by atoms with Crippen LogP contribution < -0.4 is 10.1 Å². The summed E-state index contributed by atoms with van der Waals surface area (Å²) in [6.07, 6.45) is 1.64. The lowest BCUT2D eigenvalue weighted by atomic mass is 10.0.